The molecule has 1 rings (SSSR count). The van der Waals surface area contributed by atoms with Crippen LogP contribution in [-0.2, 0) is 14.8 Å². The third kappa shape index (κ3) is 3.93. The number of aliphatic hydroxyl groups excluding tert-OH is 1. The molecule has 0 bridgehead atoms. The van der Waals surface area contributed by atoms with Crippen molar-refractivity contribution in [1.82, 2.24) is 9.62 Å². The number of nitrogens with one attached hydrogen (secondary N) is 1. The van der Waals surface area contributed by atoms with Crippen LogP contribution in [0.5, 0.6) is 0 Å². The van der Waals surface area contributed by atoms with Gasteiger partial charge in [-0.3, -0.25) is 4.79 Å². The zero-order chi connectivity index (χ0) is 15.4. The van der Waals surface area contributed by atoms with Gasteiger partial charge in [0.05, 0.1) is 18.4 Å². The number of hydrogen-bond donors (Lipinski definition) is 2. The monoisotopic (exact) mass is 306 g/mol. The van der Waals surface area contributed by atoms with Crippen molar-refractivity contribution in [3.05, 3.63) is 0 Å². The number of carbonyl (C=O) groups excluding carboxylic acids is 1. The molecular weight excluding hydrogens is 280 g/mol. The van der Waals surface area contributed by atoms with Crippen LogP contribution in [0.3, 0.4) is 0 Å². The van der Waals surface area contributed by atoms with Gasteiger partial charge in [0.2, 0.25) is 15.9 Å². The Balaban J connectivity index is 2.88. The quantitative estimate of drug-likeness (QED) is 0.747. The Kier molecular flexibility index (Phi) is 5.97. The smallest absolute Gasteiger partial charge is 0.238 e. The Morgan fingerprint density at radius 2 is 1.95 bits per heavy atom. The summed E-state index contributed by atoms with van der Waals surface area (Å²) in [7, 11) is -3.39. The van der Waals surface area contributed by atoms with Gasteiger partial charge in [-0.1, -0.05) is 20.3 Å². The van der Waals surface area contributed by atoms with E-state index in [1.807, 2.05) is 13.8 Å². The Labute approximate surface area is 121 Å². The Bertz CT molecular complexity index is 423. The van der Waals surface area contributed by atoms with Gasteiger partial charge >= 0.3 is 0 Å². The lowest BCUT2D eigenvalue weighted by Crippen LogP contribution is -2.58. The molecule has 2 N–H and O–H groups in total. The summed E-state index contributed by atoms with van der Waals surface area (Å²) >= 11 is 0. The molecule has 0 spiro atoms. The molecule has 7 heteroatoms. The predicted molar refractivity (Wildman–Crippen MR) is 77.7 cm³/mol. The molecule has 0 aliphatic carbocycles. The summed E-state index contributed by atoms with van der Waals surface area (Å²) in [6.45, 7) is 4.04. The number of hydrogen-bond acceptors (Lipinski definition) is 4. The van der Waals surface area contributed by atoms with Crippen molar-refractivity contribution in [2.75, 3.05) is 19.4 Å². The summed E-state index contributed by atoms with van der Waals surface area (Å²) in [6.07, 6.45) is 4.51. The fraction of sp³-hybridized carbons (Fsp3) is 0.923. The molecule has 1 aliphatic rings. The van der Waals surface area contributed by atoms with Crippen LogP contribution in [0.4, 0.5) is 0 Å². The van der Waals surface area contributed by atoms with Gasteiger partial charge in [-0.25, -0.2) is 8.42 Å². The van der Waals surface area contributed by atoms with Gasteiger partial charge in [0.15, 0.2) is 0 Å². The van der Waals surface area contributed by atoms with Crippen molar-refractivity contribution < 1.29 is 18.3 Å². The molecule has 1 aliphatic heterocycles. The highest BCUT2D eigenvalue weighted by atomic mass is 32.2. The SMILES string of the molecule is CCC(CC)(CO)NC(=O)C1CCCCN1S(C)(=O)=O. The van der Waals surface area contributed by atoms with Crippen LogP contribution in [-0.4, -0.2) is 54.7 Å². The highest BCUT2D eigenvalue weighted by Gasteiger charge is 2.37. The highest BCUT2D eigenvalue weighted by molar-refractivity contribution is 7.88. The van der Waals surface area contributed by atoms with Crippen LogP contribution in [0.2, 0.25) is 0 Å². The van der Waals surface area contributed by atoms with E-state index in [0.29, 0.717) is 25.8 Å². The van der Waals surface area contributed by atoms with Crippen LogP contribution in [0.1, 0.15) is 46.0 Å². The van der Waals surface area contributed by atoms with E-state index in [4.69, 9.17) is 0 Å². The summed E-state index contributed by atoms with van der Waals surface area (Å²) in [5.41, 5.74) is -0.655. The lowest BCUT2D eigenvalue weighted by atomic mass is 9.92. The highest BCUT2D eigenvalue weighted by Crippen LogP contribution is 2.22. The summed E-state index contributed by atoms with van der Waals surface area (Å²) in [6, 6.07) is -0.650. The maximum absolute atomic E-state index is 12.4. The summed E-state index contributed by atoms with van der Waals surface area (Å²) in [5, 5.41) is 12.4. The largest absolute Gasteiger partial charge is 0.394 e. The van der Waals surface area contributed by atoms with Gasteiger partial charge in [0.25, 0.3) is 0 Å². The maximum Gasteiger partial charge on any atom is 0.238 e. The molecule has 1 saturated heterocycles. The molecule has 0 radical (unpaired) electrons. The first-order valence-electron chi connectivity index (χ1n) is 7.19. The van der Waals surface area contributed by atoms with E-state index in [2.05, 4.69) is 5.32 Å². The van der Waals surface area contributed by atoms with Crippen LogP contribution in [0, 0.1) is 0 Å². The van der Waals surface area contributed by atoms with Gasteiger partial charge in [-0.2, -0.15) is 4.31 Å². The number of piperidine rings is 1. The molecule has 6 nitrogen and oxygen atoms in total. The van der Waals surface area contributed by atoms with E-state index in [1.54, 1.807) is 0 Å². The predicted octanol–water partition coefficient (Wildman–Crippen LogP) is 0.468. The molecule has 0 aromatic carbocycles. The average Bonchev–Trinajstić information content (AvgIpc) is 2.44. The molecule has 0 aromatic rings. The standard InChI is InChI=1S/C13H26N2O4S/c1-4-13(5-2,10-16)14-12(17)11-8-6-7-9-15(11)20(3,18)19/h11,16H,4-10H2,1-3H3,(H,14,17). The normalized spacial score (nSPS) is 21.7. The lowest BCUT2D eigenvalue weighted by molar-refractivity contribution is -0.128. The Morgan fingerprint density at radius 1 is 1.35 bits per heavy atom. The lowest BCUT2D eigenvalue weighted by Gasteiger charge is -2.37. The minimum atomic E-state index is -3.39. The molecule has 1 atom stereocenters. The molecule has 0 saturated carbocycles. The summed E-state index contributed by atoms with van der Waals surface area (Å²) < 4.78 is 24.8. The first kappa shape index (κ1) is 17.4. The van der Waals surface area contributed by atoms with E-state index in [9.17, 15) is 18.3 Å². The van der Waals surface area contributed by atoms with Crippen molar-refractivity contribution in [1.29, 1.82) is 0 Å². The van der Waals surface area contributed by atoms with Crippen LogP contribution in [0.15, 0.2) is 0 Å². The van der Waals surface area contributed by atoms with E-state index in [0.717, 1.165) is 19.1 Å². The van der Waals surface area contributed by atoms with Gasteiger partial charge in [-0.15, -0.1) is 0 Å². The Morgan fingerprint density at radius 3 is 2.40 bits per heavy atom. The van der Waals surface area contributed by atoms with Gasteiger partial charge in [0.1, 0.15) is 6.04 Å². The number of sulfonamides is 1. The number of rotatable bonds is 6. The summed E-state index contributed by atoms with van der Waals surface area (Å²) in [4.78, 5) is 12.4. The fourth-order valence-electron chi connectivity index (χ4n) is 2.60. The van der Waals surface area contributed by atoms with Crippen molar-refractivity contribution >= 4 is 15.9 Å². The van der Waals surface area contributed by atoms with Crippen LogP contribution < -0.4 is 5.32 Å². The van der Waals surface area contributed by atoms with Gasteiger partial charge in [-0.05, 0) is 25.7 Å². The van der Waals surface area contributed by atoms with Crippen molar-refractivity contribution in [2.24, 2.45) is 0 Å². The minimum Gasteiger partial charge on any atom is -0.394 e. The summed E-state index contributed by atoms with van der Waals surface area (Å²) in [5.74, 6) is -0.298. The molecule has 1 amide bonds. The molecule has 1 heterocycles. The van der Waals surface area contributed by atoms with E-state index < -0.39 is 21.6 Å². The van der Waals surface area contributed by atoms with Crippen molar-refractivity contribution in [3.63, 3.8) is 0 Å². The first-order valence-corrected chi connectivity index (χ1v) is 9.04. The minimum absolute atomic E-state index is 0.142. The van der Waals surface area contributed by atoms with Crippen LogP contribution >= 0.6 is 0 Å². The van der Waals surface area contributed by atoms with E-state index in [1.165, 1.54) is 4.31 Å². The molecule has 1 unspecified atom stereocenters. The number of carbonyl (C=O) groups is 1. The number of nitrogens with zero attached hydrogens (tertiary/aromatic N) is 1. The third-order valence-corrected chi connectivity index (χ3v) is 5.52. The first-order chi connectivity index (χ1) is 9.29. The molecule has 118 valence electrons. The molecule has 0 aromatic heterocycles. The maximum atomic E-state index is 12.4. The van der Waals surface area contributed by atoms with Crippen molar-refractivity contribution in [3.8, 4) is 0 Å². The second-order valence-electron chi connectivity index (χ2n) is 5.52. The van der Waals surface area contributed by atoms with Crippen LogP contribution in [0.25, 0.3) is 0 Å². The van der Waals surface area contributed by atoms with Gasteiger partial charge in [0, 0.05) is 6.54 Å². The third-order valence-electron chi connectivity index (χ3n) is 4.23. The number of amides is 1. The Hall–Kier alpha value is -0.660. The fourth-order valence-corrected chi connectivity index (χ4v) is 3.72. The second kappa shape index (κ2) is 6.87. The van der Waals surface area contributed by atoms with E-state index >= 15 is 0 Å². The van der Waals surface area contributed by atoms with E-state index in [-0.39, 0.29) is 12.5 Å². The topological polar surface area (TPSA) is 86.7 Å². The molecule has 1 fully saturated rings. The zero-order valence-electron chi connectivity index (χ0n) is 12.6. The molecular formula is C13H26N2O4S. The second-order valence-corrected chi connectivity index (χ2v) is 7.46. The molecule has 20 heavy (non-hydrogen) atoms. The zero-order valence-corrected chi connectivity index (χ0v) is 13.4. The van der Waals surface area contributed by atoms with Gasteiger partial charge < -0.3 is 10.4 Å². The van der Waals surface area contributed by atoms with Crippen molar-refractivity contribution in [2.45, 2.75) is 57.5 Å². The average molecular weight is 306 g/mol. The number of aliphatic hydroxyl groups is 1.